The smallest absolute Gasteiger partial charge is 0.225 e. The number of halogens is 1. The zero-order valence-corrected chi connectivity index (χ0v) is 11.7. The third-order valence-corrected chi connectivity index (χ3v) is 4.56. The molecule has 2 aromatic heterocycles. The van der Waals surface area contributed by atoms with Crippen LogP contribution in [0.3, 0.4) is 0 Å². The van der Waals surface area contributed by atoms with Crippen LogP contribution in [0.2, 0.25) is 5.28 Å². The Hall–Kier alpha value is -0.870. The lowest BCUT2D eigenvalue weighted by Gasteiger charge is -2.22. The molecule has 1 N–H and O–H groups in total. The predicted molar refractivity (Wildman–Crippen MR) is 77.5 cm³/mol. The molecule has 0 aliphatic heterocycles. The summed E-state index contributed by atoms with van der Waals surface area (Å²) in [4.78, 5) is 9.49. The van der Waals surface area contributed by atoms with Crippen LogP contribution in [0.15, 0.2) is 11.4 Å². The number of hydrogen-bond donors (Lipinski definition) is 1. The number of fused-ring (bicyclic) bond motifs is 1. The Morgan fingerprint density at radius 3 is 2.94 bits per heavy atom. The molecule has 0 aromatic carbocycles. The molecule has 0 radical (unpaired) electrons. The van der Waals surface area contributed by atoms with E-state index in [0.717, 1.165) is 28.5 Å². The van der Waals surface area contributed by atoms with Gasteiger partial charge in [-0.25, -0.2) is 9.97 Å². The number of aromatic nitrogens is 2. The van der Waals surface area contributed by atoms with E-state index in [1.807, 2.05) is 5.38 Å². The first kappa shape index (κ1) is 12.2. The van der Waals surface area contributed by atoms with Gasteiger partial charge in [-0.05, 0) is 41.8 Å². The number of hydrogen-bond acceptors (Lipinski definition) is 4. The molecule has 1 saturated carbocycles. The molecule has 18 heavy (non-hydrogen) atoms. The van der Waals surface area contributed by atoms with E-state index in [1.54, 1.807) is 11.3 Å². The van der Waals surface area contributed by atoms with Crippen LogP contribution in [0.5, 0.6) is 0 Å². The van der Waals surface area contributed by atoms with Crippen LogP contribution in [0.4, 0.5) is 5.82 Å². The Balaban J connectivity index is 1.75. The van der Waals surface area contributed by atoms with Gasteiger partial charge in [-0.1, -0.05) is 19.3 Å². The fourth-order valence-electron chi connectivity index (χ4n) is 2.60. The summed E-state index contributed by atoms with van der Waals surface area (Å²) in [5.41, 5.74) is 0. The van der Waals surface area contributed by atoms with Gasteiger partial charge in [-0.2, -0.15) is 0 Å². The molecule has 5 heteroatoms. The molecule has 0 saturated heterocycles. The molecular formula is C13H16ClN3S. The maximum absolute atomic E-state index is 5.95. The number of rotatable bonds is 3. The van der Waals surface area contributed by atoms with Crippen LogP contribution in [0, 0.1) is 5.92 Å². The van der Waals surface area contributed by atoms with Gasteiger partial charge in [0.05, 0.1) is 5.39 Å². The van der Waals surface area contributed by atoms with Gasteiger partial charge >= 0.3 is 0 Å². The zero-order valence-electron chi connectivity index (χ0n) is 10.2. The van der Waals surface area contributed by atoms with Crippen LogP contribution in [-0.4, -0.2) is 16.5 Å². The van der Waals surface area contributed by atoms with Gasteiger partial charge < -0.3 is 5.32 Å². The van der Waals surface area contributed by atoms with E-state index in [9.17, 15) is 0 Å². The van der Waals surface area contributed by atoms with Gasteiger partial charge in [0.15, 0.2) is 0 Å². The van der Waals surface area contributed by atoms with Crippen molar-refractivity contribution in [2.24, 2.45) is 5.92 Å². The molecule has 0 atom stereocenters. The highest BCUT2D eigenvalue weighted by Gasteiger charge is 2.14. The summed E-state index contributed by atoms with van der Waals surface area (Å²) < 4.78 is 0. The Morgan fingerprint density at radius 2 is 2.11 bits per heavy atom. The standard InChI is InChI=1S/C13H16ClN3S/c14-13-16-11(10-6-7-18-12(10)17-13)15-8-9-4-2-1-3-5-9/h6-7,9H,1-5,8H2,(H,15,16,17). The molecule has 2 aromatic rings. The normalized spacial score (nSPS) is 17.2. The van der Waals surface area contributed by atoms with Crippen molar-refractivity contribution in [2.75, 3.05) is 11.9 Å². The van der Waals surface area contributed by atoms with E-state index in [2.05, 4.69) is 21.4 Å². The Kier molecular flexibility index (Phi) is 3.66. The molecule has 96 valence electrons. The Morgan fingerprint density at radius 1 is 1.28 bits per heavy atom. The topological polar surface area (TPSA) is 37.8 Å². The molecule has 3 nitrogen and oxygen atoms in total. The molecule has 3 rings (SSSR count). The van der Waals surface area contributed by atoms with Crippen molar-refractivity contribution in [3.63, 3.8) is 0 Å². The minimum Gasteiger partial charge on any atom is -0.369 e. The van der Waals surface area contributed by atoms with Crippen molar-refractivity contribution < 1.29 is 0 Å². The average molecular weight is 282 g/mol. The summed E-state index contributed by atoms with van der Waals surface area (Å²) in [6.45, 7) is 0.998. The van der Waals surface area contributed by atoms with Crippen LogP contribution in [0.25, 0.3) is 10.2 Å². The maximum Gasteiger partial charge on any atom is 0.225 e. The van der Waals surface area contributed by atoms with Crippen LogP contribution in [0.1, 0.15) is 32.1 Å². The fourth-order valence-corrected chi connectivity index (χ4v) is 3.58. The average Bonchev–Trinajstić information content (AvgIpc) is 2.85. The molecule has 0 spiro atoms. The van der Waals surface area contributed by atoms with Gasteiger partial charge in [-0.15, -0.1) is 11.3 Å². The van der Waals surface area contributed by atoms with E-state index in [0.29, 0.717) is 5.28 Å². The molecule has 0 unspecified atom stereocenters. The Bertz CT molecular complexity index is 534. The SMILES string of the molecule is Clc1nc(NCC2CCCCC2)c2ccsc2n1. The summed E-state index contributed by atoms with van der Waals surface area (Å²) in [6, 6.07) is 2.06. The predicted octanol–water partition coefficient (Wildman–Crippen LogP) is 4.34. The summed E-state index contributed by atoms with van der Waals surface area (Å²) in [5, 5.41) is 6.90. The first-order valence-corrected chi connectivity index (χ1v) is 7.73. The third-order valence-electron chi connectivity index (χ3n) is 3.58. The molecule has 0 amide bonds. The highest BCUT2D eigenvalue weighted by atomic mass is 35.5. The van der Waals surface area contributed by atoms with Crippen LogP contribution in [-0.2, 0) is 0 Å². The number of anilines is 1. The van der Waals surface area contributed by atoms with Crippen LogP contribution >= 0.6 is 22.9 Å². The lowest BCUT2D eigenvalue weighted by molar-refractivity contribution is 0.373. The van der Waals surface area contributed by atoms with E-state index in [-0.39, 0.29) is 0 Å². The second kappa shape index (κ2) is 5.41. The largest absolute Gasteiger partial charge is 0.369 e. The Labute approximate surface area is 116 Å². The zero-order chi connectivity index (χ0) is 12.4. The van der Waals surface area contributed by atoms with E-state index in [1.165, 1.54) is 32.1 Å². The van der Waals surface area contributed by atoms with Crippen molar-refractivity contribution in [2.45, 2.75) is 32.1 Å². The van der Waals surface area contributed by atoms with Crippen molar-refractivity contribution in [3.8, 4) is 0 Å². The summed E-state index contributed by atoms with van der Waals surface area (Å²) in [5.74, 6) is 1.66. The third kappa shape index (κ3) is 2.59. The van der Waals surface area contributed by atoms with Gasteiger partial charge in [0.1, 0.15) is 10.6 Å². The maximum atomic E-state index is 5.95. The molecular weight excluding hydrogens is 266 g/mol. The minimum absolute atomic E-state index is 0.330. The van der Waals surface area contributed by atoms with Crippen molar-refractivity contribution in [1.82, 2.24) is 9.97 Å². The van der Waals surface area contributed by atoms with Crippen molar-refractivity contribution in [1.29, 1.82) is 0 Å². The summed E-state index contributed by atoms with van der Waals surface area (Å²) in [7, 11) is 0. The molecule has 0 bridgehead atoms. The van der Waals surface area contributed by atoms with E-state index < -0.39 is 0 Å². The quantitative estimate of drug-likeness (QED) is 0.851. The highest BCUT2D eigenvalue weighted by molar-refractivity contribution is 7.16. The van der Waals surface area contributed by atoms with Gasteiger partial charge in [-0.3, -0.25) is 0 Å². The summed E-state index contributed by atoms with van der Waals surface area (Å²) >= 11 is 7.55. The molecule has 1 aliphatic carbocycles. The minimum atomic E-state index is 0.330. The summed E-state index contributed by atoms with van der Waals surface area (Å²) in [6.07, 6.45) is 6.79. The van der Waals surface area contributed by atoms with Gasteiger partial charge in [0.25, 0.3) is 0 Å². The van der Waals surface area contributed by atoms with Gasteiger partial charge in [0.2, 0.25) is 5.28 Å². The first-order chi connectivity index (χ1) is 8.83. The van der Waals surface area contributed by atoms with E-state index in [4.69, 9.17) is 11.6 Å². The number of nitrogens with one attached hydrogen (secondary N) is 1. The van der Waals surface area contributed by atoms with Crippen molar-refractivity contribution >= 4 is 39.0 Å². The van der Waals surface area contributed by atoms with Gasteiger partial charge in [0, 0.05) is 6.54 Å². The number of thiophene rings is 1. The lowest BCUT2D eigenvalue weighted by Crippen LogP contribution is -2.17. The van der Waals surface area contributed by atoms with Crippen molar-refractivity contribution in [3.05, 3.63) is 16.7 Å². The first-order valence-electron chi connectivity index (χ1n) is 6.47. The molecule has 1 aliphatic rings. The molecule has 1 fully saturated rings. The second-order valence-corrected chi connectivity index (χ2v) is 6.10. The number of nitrogens with zero attached hydrogens (tertiary/aromatic N) is 2. The monoisotopic (exact) mass is 281 g/mol. The second-order valence-electron chi connectivity index (χ2n) is 4.87. The lowest BCUT2D eigenvalue weighted by atomic mass is 9.89. The van der Waals surface area contributed by atoms with Crippen LogP contribution < -0.4 is 5.32 Å². The molecule has 2 heterocycles. The fraction of sp³-hybridized carbons (Fsp3) is 0.538. The van der Waals surface area contributed by atoms with E-state index >= 15 is 0 Å². The highest BCUT2D eigenvalue weighted by Crippen LogP contribution is 2.28.